The van der Waals surface area contributed by atoms with Gasteiger partial charge in [-0.15, -0.1) is 11.8 Å². The van der Waals surface area contributed by atoms with Gasteiger partial charge in [-0.3, -0.25) is 9.59 Å². The Morgan fingerprint density at radius 3 is 2.66 bits per heavy atom. The number of hydrogen-bond donors (Lipinski definition) is 1. The molecule has 1 atom stereocenters. The maximum absolute atomic E-state index is 12.5. The fraction of sp³-hybridized carbons (Fsp3) is 0.250. The van der Waals surface area contributed by atoms with Crippen LogP contribution in [0.3, 0.4) is 0 Å². The van der Waals surface area contributed by atoms with Gasteiger partial charge < -0.3 is 14.6 Å². The zero-order valence-electron chi connectivity index (χ0n) is 17.3. The van der Waals surface area contributed by atoms with Crippen molar-refractivity contribution < 1.29 is 14.0 Å². The second-order valence-electron chi connectivity index (χ2n) is 7.32. The summed E-state index contributed by atoms with van der Waals surface area (Å²) in [6.45, 7) is 1.04. The van der Waals surface area contributed by atoms with E-state index in [-0.39, 0.29) is 17.2 Å². The van der Waals surface area contributed by atoms with Crippen molar-refractivity contribution in [1.29, 1.82) is 0 Å². The molecule has 3 aromatic rings. The molecule has 32 heavy (non-hydrogen) atoms. The van der Waals surface area contributed by atoms with Crippen molar-refractivity contribution in [3.8, 4) is 0 Å². The summed E-state index contributed by atoms with van der Waals surface area (Å²) in [5.74, 6) is 2.92. The number of amides is 2. The van der Waals surface area contributed by atoms with Crippen LogP contribution in [0.1, 0.15) is 32.6 Å². The number of carbonyl (C=O) groups is 2. The summed E-state index contributed by atoms with van der Waals surface area (Å²) < 4.78 is 5.40. The molecule has 0 aliphatic carbocycles. The predicted molar refractivity (Wildman–Crippen MR) is 131 cm³/mol. The van der Waals surface area contributed by atoms with Crippen LogP contribution in [-0.2, 0) is 17.1 Å². The highest BCUT2D eigenvalue weighted by molar-refractivity contribution is 8.00. The molecule has 0 bridgehead atoms. The van der Waals surface area contributed by atoms with Crippen LogP contribution in [0.4, 0.5) is 0 Å². The number of hydrogen-bond acceptors (Lipinski definition) is 5. The molecule has 2 amide bonds. The van der Waals surface area contributed by atoms with Crippen LogP contribution in [0.25, 0.3) is 0 Å². The average Bonchev–Trinajstić information content (AvgIpc) is 3.45. The van der Waals surface area contributed by atoms with Gasteiger partial charge in [0.25, 0.3) is 5.91 Å². The Labute approximate surface area is 200 Å². The van der Waals surface area contributed by atoms with E-state index in [4.69, 9.17) is 16.0 Å². The standard InChI is InChI=1S/C24H23ClN2O3S2/c25-20-9-3-17(4-10-20)15-31-13-11-26-23(29)18-5-7-19(8-6-18)24-27(22(28)16-32-24)14-21-2-1-12-30-21/h1-10,12,24H,11,13-16H2,(H,26,29)/t24-/m0/s1. The topological polar surface area (TPSA) is 62.6 Å². The maximum atomic E-state index is 12.5. The van der Waals surface area contributed by atoms with E-state index in [9.17, 15) is 9.59 Å². The van der Waals surface area contributed by atoms with Crippen molar-refractivity contribution in [2.75, 3.05) is 18.1 Å². The normalized spacial score (nSPS) is 15.8. The number of thioether (sulfide) groups is 2. The first-order valence-corrected chi connectivity index (χ1v) is 12.8. The number of nitrogens with one attached hydrogen (secondary N) is 1. The Hall–Kier alpha value is -2.35. The molecule has 1 aromatic heterocycles. The van der Waals surface area contributed by atoms with Crippen LogP contribution in [0.2, 0.25) is 5.02 Å². The fourth-order valence-corrected chi connectivity index (χ4v) is 5.51. The second kappa shape index (κ2) is 11.0. The molecular weight excluding hydrogens is 464 g/mol. The fourth-order valence-electron chi connectivity index (χ4n) is 3.38. The molecule has 2 aromatic carbocycles. The van der Waals surface area contributed by atoms with Gasteiger partial charge in [-0.1, -0.05) is 35.9 Å². The zero-order valence-corrected chi connectivity index (χ0v) is 19.7. The monoisotopic (exact) mass is 486 g/mol. The highest BCUT2D eigenvalue weighted by Crippen LogP contribution is 2.39. The summed E-state index contributed by atoms with van der Waals surface area (Å²) in [4.78, 5) is 26.6. The minimum atomic E-state index is -0.0914. The number of furan rings is 1. The van der Waals surface area contributed by atoms with Crippen LogP contribution in [-0.4, -0.2) is 34.8 Å². The number of halogens is 1. The molecule has 1 saturated heterocycles. The van der Waals surface area contributed by atoms with E-state index in [0.717, 1.165) is 27.9 Å². The van der Waals surface area contributed by atoms with Crippen molar-refractivity contribution in [1.82, 2.24) is 10.2 Å². The molecule has 0 radical (unpaired) electrons. The first-order chi connectivity index (χ1) is 15.6. The maximum Gasteiger partial charge on any atom is 0.251 e. The third kappa shape index (κ3) is 5.91. The summed E-state index contributed by atoms with van der Waals surface area (Å²) in [6.07, 6.45) is 1.61. The van der Waals surface area contributed by atoms with E-state index in [2.05, 4.69) is 5.32 Å². The van der Waals surface area contributed by atoms with Gasteiger partial charge >= 0.3 is 0 Å². The van der Waals surface area contributed by atoms with Crippen LogP contribution in [0.5, 0.6) is 0 Å². The van der Waals surface area contributed by atoms with Crippen LogP contribution in [0.15, 0.2) is 71.3 Å². The third-order valence-electron chi connectivity index (χ3n) is 5.05. The Balaban J connectivity index is 1.25. The quantitative estimate of drug-likeness (QED) is 0.412. The summed E-state index contributed by atoms with van der Waals surface area (Å²) in [7, 11) is 0. The average molecular weight is 487 g/mol. The van der Waals surface area contributed by atoms with Crippen molar-refractivity contribution in [2.45, 2.75) is 17.7 Å². The van der Waals surface area contributed by atoms with E-state index < -0.39 is 0 Å². The summed E-state index contributed by atoms with van der Waals surface area (Å²) in [5.41, 5.74) is 2.83. The molecular formula is C24H23ClN2O3S2. The molecule has 166 valence electrons. The van der Waals surface area contributed by atoms with Gasteiger partial charge in [-0.2, -0.15) is 11.8 Å². The first-order valence-electron chi connectivity index (χ1n) is 10.2. The van der Waals surface area contributed by atoms with Gasteiger partial charge in [0.15, 0.2) is 0 Å². The highest BCUT2D eigenvalue weighted by Gasteiger charge is 2.33. The Bertz CT molecular complexity index is 1040. The van der Waals surface area contributed by atoms with Gasteiger partial charge in [0, 0.05) is 28.6 Å². The van der Waals surface area contributed by atoms with E-state index in [1.54, 1.807) is 29.8 Å². The first kappa shape index (κ1) is 22.8. The molecule has 4 rings (SSSR count). The lowest BCUT2D eigenvalue weighted by atomic mass is 10.1. The number of nitrogens with zero attached hydrogens (tertiary/aromatic N) is 1. The van der Waals surface area contributed by atoms with Crippen molar-refractivity contribution in [2.24, 2.45) is 0 Å². The molecule has 2 heterocycles. The van der Waals surface area contributed by atoms with Crippen LogP contribution < -0.4 is 5.32 Å². The lowest BCUT2D eigenvalue weighted by molar-refractivity contribution is -0.128. The molecule has 5 nitrogen and oxygen atoms in total. The molecule has 1 N–H and O–H groups in total. The van der Waals surface area contributed by atoms with Crippen molar-refractivity contribution >= 4 is 46.9 Å². The van der Waals surface area contributed by atoms with Gasteiger partial charge in [0.1, 0.15) is 11.1 Å². The molecule has 0 saturated carbocycles. The molecule has 0 spiro atoms. The van der Waals surface area contributed by atoms with E-state index >= 15 is 0 Å². The van der Waals surface area contributed by atoms with Gasteiger partial charge in [0.05, 0.1) is 18.6 Å². The van der Waals surface area contributed by atoms with E-state index in [1.165, 1.54) is 5.56 Å². The molecule has 1 aliphatic heterocycles. The van der Waals surface area contributed by atoms with E-state index in [1.807, 2.05) is 65.6 Å². The van der Waals surface area contributed by atoms with Gasteiger partial charge in [0.2, 0.25) is 5.91 Å². The molecule has 8 heteroatoms. The number of benzene rings is 2. The van der Waals surface area contributed by atoms with Crippen LogP contribution in [0, 0.1) is 0 Å². The Morgan fingerprint density at radius 1 is 1.16 bits per heavy atom. The number of rotatable bonds is 9. The lowest BCUT2D eigenvalue weighted by Gasteiger charge is -2.23. The third-order valence-corrected chi connectivity index (χ3v) is 7.58. The second-order valence-corrected chi connectivity index (χ2v) is 9.93. The zero-order chi connectivity index (χ0) is 22.3. The summed E-state index contributed by atoms with van der Waals surface area (Å²) in [5, 5.41) is 3.63. The molecule has 1 aliphatic rings. The van der Waals surface area contributed by atoms with Gasteiger partial charge in [-0.05, 0) is 47.5 Å². The predicted octanol–water partition coefficient (Wildman–Crippen LogP) is 5.37. The smallest absolute Gasteiger partial charge is 0.251 e. The summed E-state index contributed by atoms with van der Waals surface area (Å²) >= 11 is 9.26. The minimum absolute atomic E-state index is 0.0750. The van der Waals surface area contributed by atoms with E-state index in [0.29, 0.717) is 24.4 Å². The number of carbonyl (C=O) groups excluding carboxylic acids is 2. The minimum Gasteiger partial charge on any atom is -0.467 e. The van der Waals surface area contributed by atoms with Gasteiger partial charge in [-0.25, -0.2) is 0 Å². The molecule has 0 unspecified atom stereocenters. The SMILES string of the molecule is O=C(NCCSCc1ccc(Cl)cc1)c1ccc([C@@H]2SCC(=O)N2Cc2ccco2)cc1. The lowest BCUT2D eigenvalue weighted by Crippen LogP contribution is -2.28. The van der Waals surface area contributed by atoms with Crippen LogP contribution >= 0.6 is 35.1 Å². The highest BCUT2D eigenvalue weighted by atomic mass is 35.5. The summed E-state index contributed by atoms with van der Waals surface area (Å²) in [6, 6.07) is 19.0. The van der Waals surface area contributed by atoms with Crippen molar-refractivity contribution in [3.63, 3.8) is 0 Å². The van der Waals surface area contributed by atoms with Crippen molar-refractivity contribution in [3.05, 3.63) is 94.4 Å². The Morgan fingerprint density at radius 2 is 1.94 bits per heavy atom. The molecule has 1 fully saturated rings. The largest absolute Gasteiger partial charge is 0.467 e. The Kier molecular flexibility index (Phi) is 7.84.